The van der Waals surface area contributed by atoms with E-state index in [4.69, 9.17) is 27.9 Å². The summed E-state index contributed by atoms with van der Waals surface area (Å²) in [7, 11) is 0. The maximum atomic E-state index is 6.15. The van der Waals surface area contributed by atoms with Gasteiger partial charge < -0.3 is 9.64 Å². The van der Waals surface area contributed by atoms with E-state index in [1.807, 2.05) is 11.4 Å². The first kappa shape index (κ1) is 13.1. The van der Waals surface area contributed by atoms with Gasteiger partial charge in [0, 0.05) is 24.7 Å². The van der Waals surface area contributed by atoms with Gasteiger partial charge in [-0.2, -0.15) is 0 Å². The summed E-state index contributed by atoms with van der Waals surface area (Å²) in [5.74, 6) is 1.50. The number of ether oxygens (including phenoxy) is 1. The Hall–Kier alpha value is -0.880. The Balaban J connectivity index is 1.93. The third kappa shape index (κ3) is 2.69. The van der Waals surface area contributed by atoms with Gasteiger partial charge in [-0.1, -0.05) is 23.2 Å². The van der Waals surface area contributed by atoms with E-state index in [9.17, 15) is 0 Å². The van der Waals surface area contributed by atoms with Gasteiger partial charge in [0.1, 0.15) is 10.2 Å². The first-order valence-corrected chi connectivity index (χ1v) is 7.48. The van der Waals surface area contributed by atoms with Gasteiger partial charge in [-0.05, 0) is 6.07 Å². The number of hydrogen-bond acceptors (Lipinski definition) is 5. The molecule has 0 unspecified atom stereocenters. The highest BCUT2D eigenvalue weighted by atomic mass is 35.5. The second-order valence-electron chi connectivity index (χ2n) is 4.07. The van der Waals surface area contributed by atoms with E-state index in [2.05, 4.69) is 14.9 Å². The van der Waals surface area contributed by atoms with Gasteiger partial charge in [0.15, 0.2) is 5.82 Å². The van der Waals surface area contributed by atoms with Gasteiger partial charge in [0.25, 0.3) is 0 Å². The predicted octanol–water partition coefficient (Wildman–Crippen LogP) is 3.35. The average Bonchev–Trinajstić information content (AvgIpc) is 2.80. The molecule has 0 atom stereocenters. The normalized spacial score (nSPS) is 15.8. The maximum absolute atomic E-state index is 6.15. The van der Waals surface area contributed by atoms with Crippen LogP contribution in [0.25, 0.3) is 11.4 Å². The van der Waals surface area contributed by atoms with Crippen molar-refractivity contribution in [3.05, 3.63) is 27.0 Å². The minimum absolute atomic E-state index is 0.519. The van der Waals surface area contributed by atoms with Crippen molar-refractivity contribution in [3.63, 3.8) is 0 Å². The summed E-state index contributed by atoms with van der Waals surface area (Å²) in [5, 5.41) is 2.40. The number of thiophene rings is 1. The van der Waals surface area contributed by atoms with E-state index in [0.29, 0.717) is 15.2 Å². The van der Waals surface area contributed by atoms with Crippen molar-refractivity contribution < 1.29 is 4.74 Å². The second kappa shape index (κ2) is 5.63. The molecule has 0 saturated carbocycles. The largest absolute Gasteiger partial charge is 0.378 e. The Bertz CT molecular complexity index is 584. The van der Waals surface area contributed by atoms with Crippen LogP contribution in [-0.4, -0.2) is 36.3 Å². The van der Waals surface area contributed by atoms with E-state index < -0.39 is 0 Å². The monoisotopic (exact) mass is 315 g/mol. The van der Waals surface area contributed by atoms with Gasteiger partial charge >= 0.3 is 0 Å². The van der Waals surface area contributed by atoms with Crippen LogP contribution in [0, 0.1) is 0 Å². The Morgan fingerprint density at radius 2 is 2.05 bits per heavy atom. The van der Waals surface area contributed by atoms with Gasteiger partial charge in [-0.25, -0.2) is 9.97 Å². The van der Waals surface area contributed by atoms with Crippen molar-refractivity contribution in [1.82, 2.24) is 9.97 Å². The zero-order chi connectivity index (χ0) is 13.2. The predicted molar refractivity (Wildman–Crippen MR) is 78.4 cm³/mol. The van der Waals surface area contributed by atoms with E-state index >= 15 is 0 Å². The number of nitrogens with zero attached hydrogens (tertiary/aromatic N) is 3. The minimum Gasteiger partial charge on any atom is -0.378 e. The Morgan fingerprint density at radius 3 is 2.74 bits per heavy atom. The summed E-state index contributed by atoms with van der Waals surface area (Å²) in [6.07, 6.45) is 1.75. The van der Waals surface area contributed by atoms with Crippen molar-refractivity contribution in [3.8, 4) is 11.4 Å². The van der Waals surface area contributed by atoms with Gasteiger partial charge in [0.05, 0.1) is 23.8 Å². The number of hydrogen-bond donors (Lipinski definition) is 0. The highest BCUT2D eigenvalue weighted by Crippen LogP contribution is 2.37. The lowest BCUT2D eigenvalue weighted by atomic mass is 10.3. The molecule has 0 amide bonds. The summed E-state index contributed by atoms with van der Waals surface area (Å²) in [5.41, 5.74) is 0.784. The van der Waals surface area contributed by atoms with Gasteiger partial charge in [-0.3, -0.25) is 0 Å². The quantitative estimate of drug-likeness (QED) is 0.852. The van der Waals surface area contributed by atoms with Gasteiger partial charge in [-0.15, -0.1) is 11.3 Å². The van der Waals surface area contributed by atoms with Crippen LogP contribution in [0.3, 0.4) is 0 Å². The molecular weight excluding hydrogens is 305 g/mol. The number of halogens is 2. The molecule has 0 aliphatic carbocycles. The highest BCUT2D eigenvalue weighted by molar-refractivity contribution is 7.15. The topological polar surface area (TPSA) is 38.2 Å². The molecule has 7 heteroatoms. The summed E-state index contributed by atoms with van der Waals surface area (Å²) < 4.78 is 5.90. The molecule has 3 heterocycles. The molecule has 1 saturated heterocycles. The highest BCUT2D eigenvalue weighted by Gasteiger charge is 2.16. The van der Waals surface area contributed by atoms with Crippen molar-refractivity contribution in [2.24, 2.45) is 0 Å². The zero-order valence-corrected chi connectivity index (χ0v) is 12.3. The molecular formula is C12H11Cl2N3OS. The van der Waals surface area contributed by atoms with E-state index in [-0.39, 0.29) is 0 Å². The molecule has 0 bridgehead atoms. The fraction of sp³-hybridized carbons (Fsp3) is 0.333. The molecule has 3 rings (SSSR count). The molecule has 1 fully saturated rings. The molecule has 1 aliphatic heterocycles. The van der Waals surface area contributed by atoms with Crippen molar-refractivity contribution in [2.45, 2.75) is 0 Å². The second-order valence-corrected chi connectivity index (χ2v) is 5.93. The number of rotatable bonds is 2. The molecule has 0 N–H and O–H groups in total. The summed E-state index contributed by atoms with van der Waals surface area (Å²) >= 11 is 13.5. The molecule has 2 aromatic rings. The Morgan fingerprint density at radius 1 is 1.26 bits per heavy atom. The lowest BCUT2D eigenvalue weighted by Gasteiger charge is -2.27. The van der Waals surface area contributed by atoms with E-state index in [1.54, 1.807) is 6.20 Å². The standard InChI is InChI=1S/C12H11Cl2N3OS/c13-10-8(7-19-11(10)14)12-15-2-1-9(16-12)17-3-5-18-6-4-17/h1-2,7H,3-6H2. The number of morpholine rings is 1. The molecule has 100 valence electrons. The molecule has 2 aromatic heterocycles. The van der Waals surface area contributed by atoms with E-state index in [1.165, 1.54) is 11.3 Å². The first-order chi connectivity index (χ1) is 9.25. The van der Waals surface area contributed by atoms with Crippen LogP contribution in [0.2, 0.25) is 9.36 Å². The first-order valence-electron chi connectivity index (χ1n) is 5.84. The molecule has 19 heavy (non-hydrogen) atoms. The third-order valence-corrected chi connectivity index (χ3v) is 4.73. The third-order valence-electron chi connectivity index (χ3n) is 2.91. The summed E-state index contributed by atoms with van der Waals surface area (Å²) in [6, 6.07) is 1.90. The smallest absolute Gasteiger partial charge is 0.163 e. The SMILES string of the molecule is Clc1scc(-c2nccc(N3CCOCC3)n2)c1Cl. The lowest BCUT2D eigenvalue weighted by Crippen LogP contribution is -2.36. The summed E-state index contributed by atoms with van der Waals surface area (Å²) in [4.78, 5) is 11.0. The van der Waals surface area contributed by atoms with Crippen molar-refractivity contribution >= 4 is 40.4 Å². The van der Waals surface area contributed by atoms with Crippen molar-refractivity contribution in [2.75, 3.05) is 31.2 Å². The Kier molecular flexibility index (Phi) is 3.88. The van der Waals surface area contributed by atoms with Crippen molar-refractivity contribution in [1.29, 1.82) is 0 Å². The maximum Gasteiger partial charge on any atom is 0.163 e. The fourth-order valence-electron chi connectivity index (χ4n) is 1.92. The number of anilines is 1. The average molecular weight is 316 g/mol. The molecule has 0 aromatic carbocycles. The lowest BCUT2D eigenvalue weighted by molar-refractivity contribution is 0.122. The van der Waals surface area contributed by atoms with Crippen LogP contribution in [-0.2, 0) is 4.74 Å². The summed E-state index contributed by atoms with van der Waals surface area (Å²) in [6.45, 7) is 3.14. The minimum atomic E-state index is 0.519. The molecule has 0 spiro atoms. The van der Waals surface area contributed by atoms with E-state index in [0.717, 1.165) is 37.7 Å². The Labute approximate surface area is 125 Å². The van der Waals surface area contributed by atoms with Gasteiger partial charge in [0.2, 0.25) is 0 Å². The molecule has 0 radical (unpaired) electrons. The van der Waals surface area contributed by atoms with Crippen LogP contribution < -0.4 is 4.90 Å². The fourth-order valence-corrected chi connectivity index (χ4v) is 3.15. The van der Waals surface area contributed by atoms with Crippen LogP contribution in [0.1, 0.15) is 0 Å². The zero-order valence-electron chi connectivity index (χ0n) is 9.97. The van der Waals surface area contributed by atoms with Crippen LogP contribution in [0.4, 0.5) is 5.82 Å². The molecule has 1 aliphatic rings. The van der Waals surface area contributed by atoms with Crippen LogP contribution >= 0.6 is 34.5 Å². The van der Waals surface area contributed by atoms with Crippen LogP contribution in [0.15, 0.2) is 17.6 Å². The molecule has 4 nitrogen and oxygen atoms in total. The van der Waals surface area contributed by atoms with Crippen LogP contribution in [0.5, 0.6) is 0 Å². The number of aromatic nitrogens is 2.